The maximum atomic E-state index is 13.1. The first-order valence-corrected chi connectivity index (χ1v) is 7.80. The van der Waals surface area contributed by atoms with Crippen LogP contribution < -0.4 is 5.73 Å². The Bertz CT molecular complexity index is 455. The number of rotatable bonds is 2. The lowest BCUT2D eigenvalue weighted by Gasteiger charge is -2.20. The van der Waals surface area contributed by atoms with E-state index in [0.29, 0.717) is 4.90 Å². The van der Waals surface area contributed by atoms with Crippen molar-refractivity contribution in [2.75, 3.05) is 0 Å². The van der Waals surface area contributed by atoms with E-state index in [1.165, 1.54) is 18.2 Å². The van der Waals surface area contributed by atoms with Crippen LogP contribution in [0, 0.1) is 5.82 Å². The van der Waals surface area contributed by atoms with Crippen LogP contribution >= 0.6 is 11.6 Å². The smallest absolute Gasteiger partial charge is 0.141 e. The minimum Gasteiger partial charge on any atom is -0.327 e. The molecule has 3 unspecified atom stereocenters. The zero-order chi connectivity index (χ0) is 13.1. The first kappa shape index (κ1) is 14.0. The highest BCUT2D eigenvalue weighted by Crippen LogP contribution is 2.26. The molecule has 0 bridgehead atoms. The quantitative estimate of drug-likeness (QED) is 0.849. The van der Waals surface area contributed by atoms with Crippen molar-refractivity contribution in [2.45, 2.75) is 48.3 Å². The summed E-state index contributed by atoms with van der Waals surface area (Å²) in [6.07, 6.45) is 5.07. The van der Waals surface area contributed by atoms with Gasteiger partial charge in [0, 0.05) is 10.9 Å². The molecule has 5 heteroatoms. The largest absolute Gasteiger partial charge is 0.327 e. The molecule has 1 aromatic carbocycles. The number of hydrogen-bond donors (Lipinski definition) is 1. The molecule has 2 nitrogen and oxygen atoms in total. The molecular formula is C13H17ClFNOS. The van der Waals surface area contributed by atoms with Gasteiger partial charge in [-0.1, -0.05) is 30.9 Å². The minimum atomic E-state index is -1.21. The van der Waals surface area contributed by atoms with Gasteiger partial charge in [-0.05, 0) is 31.0 Å². The van der Waals surface area contributed by atoms with Crippen LogP contribution in [0.25, 0.3) is 0 Å². The van der Waals surface area contributed by atoms with Gasteiger partial charge < -0.3 is 5.73 Å². The fourth-order valence-electron chi connectivity index (χ4n) is 2.34. The standard InChI is InChI=1S/C13H17ClFNOS/c14-10-8-9(6-7-11(10)15)18(17)13-5-3-1-2-4-12(13)16/h6-8,12-13H,1-5,16H2. The van der Waals surface area contributed by atoms with Crippen LogP contribution in [0.3, 0.4) is 0 Å². The van der Waals surface area contributed by atoms with E-state index in [9.17, 15) is 8.60 Å². The van der Waals surface area contributed by atoms with Crippen molar-refractivity contribution in [1.82, 2.24) is 0 Å². The van der Waals surface area contributed by atoms with Crippen molar-refractivity contribution in [3.05, 3.63) is 29.0 Å². The van der Waals surface area contributed by atoms with Crippen molar-refractivity contribution < 1.29 is 8.60 Å². The summed E-state index contributed by atoms with van der Waals surface area (Å²) in [4.78, 5) is 0.573. The Kier molecular flexibility index (Phi) is 4.76. The average molecular weight is 290 g/mol. The second-order valence-corrected chi connectivity index (χ2v) is 6.79. The predicted octanol–water partition coefficient (Wildman–Crippen LogP) is 3.25. The summed E-state index contributed by atoms with van der Waals surface area (Å²) in [5, 5.41) is -0.0305. The Morgan fingerprint density at radius 1 is 1.28 bits per heavy atom. The van der Waals surface area contributed by atoms with Crippen LogP contribution in [0.5, 0.6) is 0 Å². The Balaban J connectivity index is 2.21. The topological polar surface area (TPSA) is 43.1 Å². The Morgan fingerprint density at radius 2 is 2.00 bits per heavy atom. The molecule has 0 aliphatic heterocycles. The summed E-state index contributed by atoms with van der Waals surface area (Å²) in [6.45, 7) is 0. The van der Waals surface area contributed by atoms with E-state index in [4.69, 9.17) is 17.3 Å². The van der Waals surface area contributed by atoms with E-state index in [1.807, 2.05) is 0 Å². The highest BCUT2D eigenvalue weighted by atomic mass is 35.5. The van der Waals surface area contributed by atoms with Gasteiger partial charge in [0.15, 0.2) is 0 Å². The van der Waals surface area contributed by atoms with E-state index >= 15 is 0 Å². The summed E-state index contributed by atoms with van der Waals surface area (Å²) < 4.78 is 25.6. The van der Waals surface area contributed by atoms with E-state index in [1.54, 1.807) is 0 Å². The van der Waals surface area contributed by atoms with E-state index < -0.39 is 16.6 Å². The minimum absolute atomic E-state index is 0.0167. The zero-order valence-corrected chi connectivity index (χ0v) is 11.6. The molecule has 1 aliphatic rings. The van der Waals surface area contributed by atoms with Crippen LogP contribution in [-0.2, 0) is 10.8 Å². The molecule has 1 aromatic rings. The summed E-state index contributed by atoms with van der Waals surface area (Å²) >= 11 is 5.72. The van der Waals surface area contributed by atoms with Crippen molar-refractivity contribution >= 4 is 22.4 Å². The molecule has 0 spiro atoms. The molecular weight excluding hydrogens is 273 g/mol. The Morgan fingerprint density at radius 3 is 2.72 bits per heavy atom. The highest BCUT2D eigenvalue weighted by molar-refractivity contribution is 7.85. The maximum Gasteiger partial charge on any atom is 0.141 e. The highest BCUT2D eigenvalue weighted by Gasteiger charge is 2.27. The third-order valence-corrected chi connectivity index (χ3v) is 5.55. The van der Waals surface area contributed by atoms with Crippen molar-refractivity contribution in [3.8, 4) is 0 Å². The molecule has 1 fully saturated rings. The van der Waals surface area contributed by atoms with Gasteiger partial charge in [0.1, 0.15) is 5.82 Å². The van der Waals surface area contributed by atoms with Gasteiger partial charge in [-0.25, -0.2) is 4.39 Å². The van der Waals surface area contributed by atoms with Gasteiger partial charge in [-0.2, -0.15) is 0 Å². The third kappa shape index (κ3) is 3.11. The van der Waals surface area contributed by atoms with Crippen LogP contribution in [0.4, 0.5) is 4.39 Å². The van der Waals surface area contributed by atoms with Crippen molar-refractivity contribution in [1.29, 1.82) is 0 Å². The molecule has 100 valence electrons. The van der Waals surface area contributed by atoms with Crippen LogP contribution in [-0.4, -0.2) is 15.5 Å². The van der Waals surface area contributed by atoms with Crippen LogP contribution in [0.15, 0.2) is 23.1 Å². The molecule has 0 amide bonds. The zero-order valence-electron chi connectivity index (χ0n) is 10.1. The van der Waals surface area contributed by atoms with Crippen molar-refractivity contribution in [2.24, 2.45) is 5.73 Å². The van der Waals surface area contributed by atoms with Gasteiger partial charge in [-0.3, -0.25) is 4.21 Å². The molecule has 2 rings (SSSR count). The Hall–Kier alpha value is -0.450. The molecule has 0 saturated heterocycles. The van der Waals surface area contributed by atoms with E-state index in [2.05, 4.69) is 0 Å². The number of benzene rings is 1. The molecule has 18 heavy (non-hydrogen) atoms. The predicted molar refractivity (Wildman–Crippen MR) is 72.7 cm³/mol. The van der Waals surface area contributed by atoms with Crippen LogP contribution in [0.2, 0.25) is 5.02 Å². The third-order valence-electron chi connectivity index (χ3n) is 3.40. The molecule has 0 heterocycles. The first-order valence-electron chi connectivity index (χ1n) is 6.21. The molecule has 3 atom stereocenters. The lowest BCUT2D eigenvalue weighted by Crippen LogP contribution is -2.36. The Labute approximate surface area is 114 Å². The monoisotopic (exact) mass is 289 g/mol. The van der Waals surface area contributed by atoms with E-state index in [0.717, 1.165) is 32.1 Å². The molecule has 1 saturated carbocycles. The van der Waals surface area contributed by atoms with E-state index in [-0.39, 0.29) is 16.3 Å². The van der Waals surface area contributed by atoms with Gasteiger partial charge in [0.25, 0.3) is 0 Å². The lowest BCUT2D eigenvalue weighted by molar-refractivity contribution is 0.574. The normalized spacial score (nSPS) is 26.6. The fourth-order valence-corrected chi connectivity index (χ4v) is 4.21. The molecule has 0 aromatic heterocycles. The number of hydrogen-bond acceptors (Lipinski definition) is 2. The fraction of sp³-hybridized carbons (Fsp3) is 0.538. The summed E-state index contributed by atoms with van der Waals surface area (Å²) in [5.74, 6) is -0.484. The number of halogens is 2. The second-order valence-electron chi connectivity index (χ2n) is 4.71. The number of nitrogens with two attached hydrogens (primary N) is 1. The summed E-state index contributed by atoms with van der Waals surface area (Å²) in [5.41, 5.74) is 6.09. The SMILES string of the molecule is NC1CCCCCC1S(=O)c1ccc(F)c(Cl)c1. The van der Waals surface area contributed by atoms with Gasteiger partial charge in [0.2, 0.25) is 0 Å². The second kappa shape index (κ2) is 6.13. The molecule has 0 radical (unpaired) electrons. The maximum absolute atomic E-state index is 13.1. The first-order chi connectivity index (χ1) is 8.59. The van der Waals surface area contributed by atoms with Gasteiger partial charge in [-0.15, -0.1) is 0 Å². The van der Waals surface area contributed by atoms with Gasteiger partial charge >= 0.3 is 0 Å². The van der Waals surface area contributed by atoms with Crippen molar-refractivity contribution in [3.63, 3.8) is 0 Å². The molecule has 2 N–H and O–H groups in total. The molecule has 1 aliphatic carbocycles. The summed E-state index contributed by atoms with van der Waals surface area (Å²) in [7, 11) is -1.21. The van der Waals surface area contributed by atoms with Gasteiger partial charge in [0.05, 0.1) is 21.1 Å². The average Bonchev–Trinajstić information content (AvgIpc) is 2.56. The summed E-state index contributed by atoms with van der Waals surface area (Å²) in [6, 6.07) is 4.20. The lowest BCUT2D eigenvalue weighted by atomic mass is 10.1. The van der Waals surface area contributed by atoms with Crippen LogP contribution in [0.1, 0.15) is 32.1 Å².